The number of hydrogen-bond acceptors (Lipinski definition) is 3. The third-order valence-electron chi connectivity index (χ3n) is 5.08. The first-order valence-corrected chi connectivity index (χ1v) is 8.44. The Balaban J connectivity index is 1.53. The van der Waals surface area contributed by atoms with Gasteiger partial charge in [-0.1, -0.05) is 6.07 Å². The van der Waals surface area contributed by atoms with E-state index in [9.17, 15) is 8.78 Å². The van der Waals surface area contributed by atoms with Gasteiger partial charge in [0.2, 0.25) is 5.82 Å². The first kappa shape index (κ1) is 16.7. The fourth-order valence-electron chi connectivity index (χ4n) is 3.73. The molecule has 1 aliphatic carbocycles. The lowest BCUT2D eigenvalue weighted by Gasteiger charge is -2.29. The topological polar surface area (TPSA) is 27.7 Å². The highest BCUT2D eigenvalue weighted by molar-refractivity contribution is 5.33. The second-order valence-electron chi connectivity index (χ2n) is 6.45. The molecular formula is C18H24F2O3. The van der Waals surface area contributed by atoms with Crippen LogP contribution in [0.3, 0.4) is 0 Å². The summed E-state index contributed by atoms with van der Waals surface area (Å²) in [6.45, 7) is 1.39. The van der Waals surface area contributed by atoms with E-state index in [1.807, 2.05) is 0 Å². The van der Waals surface area contributed by atoms with E-state index in [0.717, 1.165) is 38.5 Å². The van der Waals surface area contributed by atoms with Gasteiger partial charge in [-0.3, -0.25) is 0 Å². The molecule has 0 unspecified atom stereocenters. The van der Waals surface area contributed by atoms with Crippen LogP contribution in [0.2, 0.25) is 0 Å². The van der Waals surface area contributed by atoms with Crippen LogP contribution in [-0.2, 0) is 9.47 Å². The minimum atomic E-state index is -0.873. The number of ether oxygens (including phenoxy) is 3. The predicted octanol–water partition coefficient (Wildman–Crippen LogP) is 4.40. The molecule has 0 spiro atoms. The van der Waals surface area contributed by atoms with E-state index in [-0.39, 0.29) is 18.0 Å². The van der Waals surface area contributed by atoms with Crippen molar-refractivity contribution in [1.29, 1.82) is 0 Å². The summed E-state index contributed by atoms with van der Waals surface area (Å²) in [4.78, 5) is 0. The van der Waals surface area contributed by atoms with Crippen LogP contribution in [-0.4, -0.2) is 26.6 Å². The van der Waals surface area contributed by atoms with Crippen LogP contribution < -0.4 is 4.74 Å². The molecule has 0 aromatic heterocycles. The van der Waals surface area contributed by atoms with Crippen molar-refractivity contribution in [2.45, 2.75) is 50.7 Å². The molecule has 0 bridgehead atoms. The summed E-state index contributed by atoms with van der Waals surface area (Å²) in [5.41, 5.74) is 0.490. The molecule has 1 aromatic rings. The molecule has 128 valence electrons. The van der Waals surface area contributed by atoms with Crippen molar-refractivity contribution in [3.05, 3.63) is 29.3 Å². The van der Waals surface area contributed by atoms with Gasteiger partial charge >= 0.3 is 0 Å². The summed E-state index contributed by atoms with van der Waals surface area (Å²) >= 11 is 0. The van der Waals surface area contributed by atoms with Crippen LogP contribution in [0.15, 0.2) is 12.1 Å². The van der Waals surface area contributed by atoms with Crippen LogP contribution in [0.1, 0.15) is 50.0 Å². The van der Waals surface area contributed by atoms with Crippen molar-refractivity contribution >= 4 is 0 Å². The lowest BCUT2D eigenvalue weighted by molar-refractivity contribution is -0.0509. The van der Waals surface area contributed by atoms with Crippen molar-refractivity contribution in [3.8, 4) is 5.75 Å². The Labute approximate surface area is 135 Å². The van der Waals surface area contributed by atoms with E-state index in [0.29, 0.717) is 24.7 Å². The average molecular weight is 326 g/mol. The Kier molecular flexibility index (Phi) is 5.49. The summed E-state index contributed by atoms with van der Waals surface area (Å²) in [6, 6.07) is 3.19. The minimum Gasteiger partial charge on any atom is -0.494 e. The monoisotopic (exact) mass is 326 g/mol. The first-order valence-electron chi connectivity index (χ1n) is 8.44. The van der Waals surface area contributed by atoms with Crippen LogP contribution >= 0.6 is 0 Å². The number of benzene rings is 1. The lowest BCUT2D eigenvalue weighted by Crippen LogP contribution is -2.17. The Morgan fingerprint density at radius 3 is 2.35 bits per heavy atom. The van der Waals surface area contributed by atoms with Crippen LogP contribution in [0.4, 0.5) is 8.78 Å². The second-order valence-corrected chi connectivity index (χ2v) is 6.45. The Morgan fingerprint density at radius 1 is 1.00 bits per heavy atom. The fraction of sp³-hybridized carbons (Fsp3) is 0.667. The van der Waals surface area contributed by atoms with Gasteiger partial charge in [0.25, 0.3) is 0 Å². The zero-order valence-corrected chi connectivity index (χ0v) is 13.5. The molecule has 3 rings (SSSR count). The maximum atomic E-state index is 14.2. The lowest BCUT2D eigenvalue weighted by atomic mass is 9.77. The highest BCUT2D eigenvalue weighted by atomic mass is 19.2. The van der Waals surface area contributed by atoms with Crippen molar-refractivity contribution in [2.24, 2.45) is 5.92 Å². The highest BCUT2D eigenvalue weighted by Crippen LogP contribution is 2.40. The molecule has 0 amide bonds. The summed E-state index contributed by atoms with van der Waals surface area (Å²) in [6.07, 6.45) is 5.87. The largest absolute Gasteiger partial charge is 0.494 e. The van der Waals surface area contributed by atoms with Crippen molar-refractivity contribution in [3.63, 3.8) is 0 Å². The van der Waals surface area contributed by atoms with Crippen molar-refractivity contribution < 1.29 is 23.0 Å². The number of hydrogen-bond donors (Lipinski definition) is 0. The third kappa shape index (κ3) is 3.83. The zero-order chi connectivity index (χ0) is 16.2. The van der Waals surface area contributed by atoms with Crippen molar-refractivity contribution in [1.82, 2.24) is 0 Å². The zero-order valence-electron chi connectivity index (χ0n) is 13.5. The Morgan fingerprint density at radius 2 is 1.70 bits per heavy atom. The quantitative estimate of drug-likeness (QED) is 0.802. The molecule has 2 aliphatic rings. The SMILES string of the molecule is COc1ccc([C@H]2CC[C@H](CCC3OCCO3)CC2)c(F)c1F. The number of halogens is 2. The third-order valence-corrected chi connectivity index (χ3v) is 5.08. The fourth-order valence-corrected chi connectivity index (χ4v) is 3.73. The van der Waals surface area contributed by atoms with Crippen LogP contribution in [0.5, 0.6) is 5.75 Å². The summed E-state index contributed by atoms with van der Waals surface area (Å²) in [7, 11) is 1.35. The maximum absolute atomic E-state index is 14.2. The van der Waals surface area contributed by atoms with Gasteiger partial charge in [-0.25, -0.2) is 4.39 Å². The molecular weight excluding hydrogens is 302 g/mol. The van der Waals surface area contributed by atoms with E-state index in [1.165, 1.54) is 13.2 Å². The van der Waals surface area contributed by atoms with Gasteiger partial charge in [-0.15, -0.1) is 0 Å². The molecule has 0 atom stereocenters. The molecule has 1 heterocycles. The molecule has 1 aromatic carbocycles. The van der Waals surface area contributed by atoms with E-state index in [2.05, 4.69) is 0 Å². The van der Waals surface area contributed by atoms with Gasteiger partial charge in [0.05, 0.1) is 20.3 Å². The molecule has 23 heavy (non-hydrogen) atoms. The number of rotatable bonds is 5. The van der Waals surface area contributed by atoms with Gasteiger partial charge in [0, 0.05) is 0 Å². The van der Waals surface area contributed by atoms with Gasteiger partial charge in [0.1, 0.15) is 0 Å². The van der Waals surface area contributed by atoms with Crippen LogP contribution in [0, 0.1) is 17.6 Å². The van der Waals surface area contributed by atoms with Gasteiger partial charge in [-0.05, 0) is 62.0 Å². The Bertz CT molecular complexity index is 521. The van der Waals surface area contributed by atoms with Gasteiger partial charge in [0.15, 0.2) is 17.9 Å². The van der Waals surface area contributed by atoms with Crippen molar-refractivity contribution in [2.75, 3.05) is 20.3 Å². The molecule has 1 saturated carbocycles. The predicted molar refractivity (Wildman–Crippen MR) is 82.5 cm³/mol. The van der Waals surface area contributed by atoms with E-state index in [4.69, 9.17) is 14.2 Å². The van der Waals surface area contributed by atoms with E-state index in [1.54, 1.807) is 6.07 Å². The van der Waals surface area contributed by atoms with Gasteiger partial charge < -0.3 is 14.2 Å². The summed E-state index contributed by atoms with van der Waals surface area (Å²) in [5.74, 6) is -0.921. The molecule has 1 saturated heterocycles. The van der Waals surface area contributed by atoms with Crippen LogP contribution in [0.25, 0.3) is 0 Å². The van der Waals surface area contributed by atoms with E-state index < -0.39 is 11.6 Å². The molecule has 1 aliphatic heterocycles. The normalized spacial score (nSPS) is 25.7. The van der Waals surface area contributed by atoms with E-state index >= 15 is 0 Å². The first-order chi connectivity index (χ1) is 11.2. The molecule has 0 N–H and O–H groups in total. The second kappa shape index (κ2) is 7.58. The molecule has 3 nitrogen and oxygen atoms in total. The molecule has 2 fully saturated rings. The minimum absolute atomic E-state index is 0.0310. The molecule has 0 radical (unpaired) electrons. The summed E-state index contributed by atoms with van der Waals surface area (Å²) in [5, 5.41) is 0. The number of methoxy groups -OCH3 is 1. The standard InChI is InChI=1S/C18H24F2O3/c1-21-15-8-7-14(17(19)18(15)20)13-5-2-12(3-6-13)4-9-16-22-10-11-23-16/h7-8,12-13,16H,2-6,9-11H2,1H3/t12-,13-. The highest BCUT2D eigenvalue weighted by Gasteiger charge is 2.27. The Hall–Kier alpha value is -1.20. The summed E-state index contributed by atoms with van der Waals surface area (Å²) < 4.78 is 43.8. The van der Waals surface area contributed by atoms with Gasteiger partial charge in [-0.2, -0.15) is 4.39 Å². The maximum Gasteiger partial charge on any atom is 0.200 e. The smallest absolute Gasteiger partial charge is 0.200 e. The average Bonchev–Trinajstić information content (AvgIpc) is 3.10. The molecule has 5 heteroatoms.